The molecule has 1 fully saturated rings. The minimum Gasteiger partial charge on any atom is -0.497 e. The zero-order valence-electron chi connectivity index (χ0n) is 17.3. The lowest BCUT2D eigenvalue weighted by atomic mass is 9.67. The van der Waals surface area contributed by atoms with E-state index in [9.17, 15) is 15.0 Å². The Hall–Kier alpha value is -1.85. The Kier molecular flexibility index (Phi) is 5.87. The number of ether oxygens (including phenoxy) is 2. The molecule has 0 amide bonds. The molecular formula is C23H32O5. The number of aliphatic hydroxyl groups is 2. The molecule has 0 spiro atoms. The molecule has 1 aromatic carbocycles. The number of methoxy groups -OCH3 is 1. The smallest absolute Gasteiger partial charge is 0.338 e. The van der Waals surface area contributed by atoms with E-state index in [4.69, 9.17) is 9.47 Å². The summed E-state index contributed by atoms with van der Waals surface area (Å²) in [5.74, 6) is 0.140. The molecule has 2 N–H and O–H groups in total. The molecule has 4 atom stereocenters. The van der Waals surface area contributed by atoms with Crippen LogP contribution >= 0.6 is 0 Å². The molecule has 3 rings (SSSR count). The summed E-state index contributed by atoms with van der Waals surface area (Å²) in [6, 6.07) is 6.83. The Morgan fingerprint density at radius 1 is 1.25 bits per heavy atom. The molecule has 0 unspecified atom stereocenters. The van der Waals surface area contributed by atoms with Crippen LogP contribution in [0.4, 0.5) is 0 Å². The molecular weight excluding hydrogens is 356 g/mol. The third-order valence-corrected chi connectivity index (χ3v) is 6.87. The molecule has 2 aliphatic rings. The lowest BCUT2D eigenvalue weighted by Crippen LogP contribution is -2.50. The summed E-state index contributed by atoms with van der Waals surface area (Å²) in [6.45, 7) is 6.17. The highest BCUT2D eigenvalue weighted by Crippen LogP contribution is 2.58. The van der Waals surface area contributed by atoms with Gasteiger partial charge in [0.1, 0.15) is 11.9 Å². The van der Waals surface area contributed by atoms with Gasteiger partial charge in [0.25, 0.3) is 0 Å². The number of esters is 1. The first-order valence-electron chi connectivity index (χ1n) is 10.1. The summed E-state index contributed by atoms with van der Waals surface area (Å²) in [4.78, 5) is 12.9. The van der Waals surface area contributed by atoms with Crippen LogP contribution in [0.1, 0.15) is 56.8 Å². The summed E-state index contributed by atoms with van der Waals surface area (Å²) in [5.41, 5.74) is 0.265. The lowest BCUT2D eigenvalue weighted by Gasteiger charge is -2.43. The molecule has 5 nitrogen and oxygen atoms in total. The monoisotopic (exact) mass is 388 g/mol. The van der Waals surface area contributed by atoms with E-state index in [0.717, 1.165) is 18.4 Å². The standard InChI is InChI=1S/C23H32O5/c1-15(2)23(26)12-11-22(3)10-9-16(14-24)13-19(20(22)23)28-21(25)17-5-7-18(27-4)8-6-17/h5-9,15,19-20,24,26H,10-14H2,1-4H3/t19-,20+,22+,23+/m0/s1. The van der Waals surface area contributed by atoms with E-state index in [1.807, 2.05) is 13.8 Å². The van der Waals surface area contributed by atoms with Crippen molar-refractivity contribution in [1.29, 1.82) is 0 Å². The highest BCUT2D eigenvalue weighted by atomic mass is 16.5. The molecule has 5 heteroatoms. The number of allylic oxidation sites excluding steroid dienone is 1. The van der Waals surface area contributed by atoms with Crippen LogP contribution < -0.4 is 4.74 Å². The molecule has 2 aliphatic carbocycles. The predicted molar refractivity (Wildman–Crippen MR) is 107 cm³/mol. The van der Waals surface area contributed by atoms with Crippen molar-refractivity contribution in [2.75, 3.05) is 13.7 Å². The van der Waals surface area contributed by atoms with Crippen LogP contribution in [0.5, 0.6) is 5.75 Å². The van der Waals surface area contributed by atoms with Crippen molar-refractivity contribution in [2.24, 2.45) is 17.3 Å². The van der Waals surface area contributed by atoms with Gasteiger partial charge in [0, 0.05) is 12.3 Å². The van der Waals surface area contributed by atoms with Gasteiger partial charge in [-0.05, 0) is 60.4 Å². The maximum Gasteiger partial charge on any atom is 0.338 e. The summed E-state index contributed by atoms with van der Waals surface area (Å²) in [7, 11) is 1.58. The number of benzene rings is 1. The second kappa shape index (κ2) is 7.88. The van der Waals surface area contributed by atoms with Crippen LogP contribution in [0, 0.1) is 17.3 Å². The van der Waals surface area contributed by atoms with E-state index >= 15 is 0 Å². The zero-order chi connectivity index (χ0) is 20.5. The van der Waals surface area contributed by atoms with Crippen LogP contribution in [0.2, 0.25) is 0 Å². The summed E-state index contributed by atoms with van der Waals surface area (Å²) < 4.78 is 11.1. The second-order valence-corrected chi connectivity index (χ2v) is 8.88. The third-order valence-electron chi connectivity index (χ3n) is 6.87. The molecule has 0 aromatic heterocycles. The van der Waals surface area contributed by atoms with E-state index in [1.165, 1.54) is 0 Å². The quantitative estimate of drug-likeness (QED) is 0.594. The van der Waals surface area contributed by atoms with Gasteiger partial charge >= 0.3 is 5.97 Å². The zero-order valence-corrected chi connectivity index (χ0v) is 17.3. The lowest BCUT2D eigenvalue weighted by molar-refractivity contribution is -0.112. The predicted octanol–water partition coefficient (Wildman–Crippen LogP) is 3.74. The van der Waals surface area contributed by atoms with E-state index in [0.29, 0.717) is 24.2 Å². The maximum atomic E-state index is 12.9. The molecule has 154 valence electrons. The first-order valence-corrected chi connectivity index (χ1v) is 10.1. The highest BCUT2D eigenvalue weighted by Gasteiger charge is 2.59. The third kappa shape index (κ3) is 3.70. The fraction of sp³-hybridized carbons (Fsp3) is 0.609. The SMILES string of the molecule is COc1ccc(C(=O)O[C@H]2CC(CO)=CC[C@]3(C)CC[C@@](O)(C(C)C)[C@H]23)cc1. The van der Waals surface area contributed by atoms with E-state index in [-0.39, 0.29) is 23.9 Å². The van der Waals surface area contributed by atoms with Crippen molar-refractivity contribution in [1.82, 2.24) is 0 Å². The normalized spacial score (nSPS) is 32.5. The van der Waals surface area contributed by atoms with Crippen LogP contribution in [-0.4, -0.2) is 41.6 Å². The van der Waals surface area contributed by atoms with Crippen molar-refractivity contribution in [3.05, 3.63) is 41.5 Å². The Morgan fingerprint density at radius 2 is 1.93 bits per heavy atom. The molecule has 1 saturated carbocycles. The van der Waals surface area contributed by atoms with Gasteiger partial charge in [0.2, 0.25) is 0 Å². The molecule has 0 heterocycles. The molecule has 1 aromatic rings. The molecule has 0 radical (unpaired) electrons. The number of rotatable bonds is 5. The Balaban J connectivity index is 1.92. The number of carbonyl (C=O) groups is 1. The summed E-state index contributed by atoms with van der Waals surface area (Å²) >= 11 is 0. The Labute approximate surface area is 167 Å². The first-order chi connectivity index (χ1) is 13.2. The van der Waals surface area contributed by atoms with Gasteiger partial charge in [-0.3, -0.25) is 0 Å². The maximum absolute atomic E-state index is 12.9. The largest absolute Gasteiger partial charge is 0.497 e. The first kappa shape index (κ1) is 20.9. The number of hydrogen-bond donors (Lipinski definition) is 2. The van der Waals surface area contributed by atoms with Crippen LogP contribution in [-0.2, 0) is 4.74 Å². The molecule has 28 heavy (non-hydrogen) atoms. The minimum absolute atomic E-state index is 0.0530. The Bertz CT molecular complexity index is 738. The van der Waals surface area contributed by atoms with Gasteiger partial charge in [-0.25, -0.2) is 4.79 Å². The van der Waals surface area contributed by atoms with Gasteiger partial charge in [-0.15, -0.1) is 0 Å². The summed E-state index contributed by atoms with van der Waals surface area (Å²) in [6.07, 6.45) is 4.39. The molecule has 0 bridgehead atoms. The number of carbonyl (C=O) groups excluding carboxylic acids is 1. The van der Waals surface area contributed by atoms with Crippen molar-refractivity contribution in [3.63, 3.8) is 0 Å². The van der Waals surface area contributed by atoms with E-state index < -0.39 is 17.7 Å². The average Bonchev–Trinajstić information content (AvgIpc) is 2.87. The van der Waals surface area contributed by atoms with Gasteiger partial charge < -0.3 is 19.7 Å². The van der Waals surface area contributed by atoms with E-state index in [1.54, 1.807) is 31.4 Å². The van der Waals surface area contributed by atoms with Gasteiger partial charge in [0.05, 0.1) is 24.9 Å². The highest BCUT2D eigenvalue weighted by molar-refractivity contribution is 5.89. The topological polar surface area (TPSA) is 76.0 Å². The van der Waals surface area contributed by atoms with Crippen molar-refractivity contribution in [3.8, 4) is 5.75 Å². The minimum atomic E-state index is -0.891. The second-order valence-electron chi connectivity index (χ2n) is 8.88. The van der Waals surface area contributed by atoms with Crippen molar-refractivity contribution in [2.45, 2.75) is 58.2 Å². The summed E-state index contributed by atoms with van der Waals surface area (Å²) in [5, 5.41) is 21.3. The van der Waals surface area contributed by atoms with Crippen LogP contribution in [0.15, 0.2) is 35.9 Å². The Morgan fingerprint density at radius 3 is 2.50 bits per heavy atom. The van der Waals surface area contributed by atoms with Crippen LogP contribution in [0.25, 0.3) is 0 Å². The van der Waals surface area contributed by atoms with E-state index in [2.05, 4.69) is 13.0 Å². The van der Waals surface area contributed by atoms with Gasteiger partial charge in [-0.2, -0.15) is 0 Å². The molecule has 0 aliphatic heterocycles. The van der Waals surface area contributed by atoms with Crippen molar-refractivity contribution < 1.29 is 24.5 Å². The van der Waals surface area contributed by atoms with Gasteiger partial charge in [-0.1, -0.05) is 26.8 Å². The van der Waals surface area contributed by atoms with Crippen molar-refractivity contribution >= 4 is 5.97 Å². The number of aliphatic hydroxyl groups excluding tert-OH is 1. The number of fused-ring (bicyclic) bond motifs is 1. The molecule has 0 saturated heterocycles. The fourth-order valence-electron chi connectivity index (χ4n) is 5.06. The fourth-order valence-corrected chi connectivity index (χ4v) is 5.06. The average molecular weight is 389 g/mol. The number of hydrogen-bond acceptors (Lipinski definition) is 5. The van der Waals surface area contributed by atoms with Crippen LogP contribution in [0.3, 0.4) is 0 Å². The van der Waals surface area contributed by atoms with Gasteiger partial charge in [0.15, 0.2) is 0 Å².